The van der Waals surface area contributed by atoms with E-state index in [1.54, 1.807) is 31.3 Å². The summed E-state index contributed by atoms with van der Waals surface area (Å²) in [7, 11) is -4.00. The second-order valence-corrected chi connectivity index (χ2v) is 9.88. The standard InChI is InChI=1S/C18H11Cl2N7O3S2.2C2H6/c1-10-23-24-17(31-10)15-16-22-7-11(8-26(16)27(9-21)18(15)28)25-32(29,30)6-5-12-13(19)3-2-4-14(12)20;2*1-2/h2-8,25H,1H3;2*1-2H3/b6-5+;;. The number of nitrogens with one attached hydrogen (secondary N) is 1. The molecule has 3 heterocycles. The number of halogens is 2. The van der Waals surface area contributed by atoms with E-state index < -0.39 is 15.6 Å². The van der Waals surface area contributed by atoms with Crippen LogP contribution in [0, 0.1) is 18.4 Å². The second kappa shape index (κ2) is 12.6. The van der Waals surface area contributed by atoms with Crippen molar-refractivity contribution in [1.82, 2.24) is 24.4 Å². The van der Waals surface area contributed by atoms with Crippen LogP contribution in [0.1, 0.15) is 38.3 Å². The summed E-state index contributed by atoms with van der Waals surface area (Å²) in [6, 6.07) is 4.79. The molecular weight excluding hydrogens is 545 g/mol. The van der Waals surface area contributed by atoms with Crippen molar-refractivity contribution < 1.29 is 8.42 Å². The third-order valence-electron chi connectivity index (χ3n) is 4.16. The minimum Gasteiger partial charge on any atom is -0.277 e. The molecule has 14 heteroatoms. The van der Waals surface area contributed by atoms with Gasteiger partial charge in [-0.15, -0.1) is 14.9 Å². The molecule has 0 aliphatic rings. The van der Waals surface area contributed by atoms with Gasteiger partial charge in [0.2, 0.25) is 6.19 Å². The molecule has 4 aromatic rings. The highest BCUT2D eigenvalue weighted by molar-refractivity contribution is 7.95. The quantitative estimate of drug-likeness (QED) is 0.339. The fraction of sp³-hybridized carbons (Fsp3) is 0.227. The summed E-state index contributed by atoms with van der Waals surface area (Å²) in [5, 5.41) is 19.7. The normalized spacial score (nSPS) is 10.8. The molecule has 0 unspecified atom stereocenters. The number of aryl methyl sites for hydroxylation is 1. The molecule has 0 aliphatic heterocycles. The van der Waals surface area contributed by atoms with Crippen LogP contribution in [0.25, 0.3) is 22.3 Å². The summed E-state index contributed by atoms with van der Waals surface area (Å²) in [5.41, 5.74) is -0.0554. The van der Waals surface area contributed by atoms with Crippen LogP contribution in [0.3, 0.4) is 0 Å². The maximum absolute atomic E-state index is 12.7. The average Bonchev–Trinajstić information content (AvgIpc) is 3.40. The fourth-order valence-corrected chi connectivity index (χ4v) is 4.87. The predicted molar refractivity (Wildman–Crippen MR) is 145 cm³/mol. The molecule has 0 saturated carbocycles. The van der Waals surface area contributed by atoms with E-state index in [1.807, 2.05) is 27.7 Å². The van der Waals surface area contributed by atoms with Crippen molar-refractivity contribution in [2.75, 3.05) is 4.72 Å². The lowest BCUT2D eigenvalue weighted by atomic mass is 10.2. The van der Waals surface area contributed by atoms with Crippen LogP contribution < -0.4 is 10.3 Å². The maximum Gasteiger partial charge on any atom is 0.293 e. The van der Waals surface area contributed by atoms with Gasteiger partial charge in [0.25, 0.3) is 15.6 Å². The summed E-state index contributed by atoms with van der Waals surface area (Å²) >= 11 is 13.3. The summed E-state index contributed by atoms with van der Waals surface area (Å²) in [6.07, 6.45) is 5.49. The van der Waals surface area contributed by atoms with Crippen molar-refractivity contribution in [2.24, 2.45) is 0 Å². The monoisotopic (exact) mass is 567 g/mol. The van der Waals surface area contributed by atoms with Gasteiger partial charge in [0, 0.05) is 15.6 Å². The molecule has 10 nitrogen and oxygen atoms in total. The third-order valence-corrected chi connectivity index (χ3v) is 6.69. The second-order valence-electron chi connectivity index (χ2n) is 6.31. The van der Waals surface area contributed by atoms with Crippen molar-refractivity contribution in [2.45, 2.75) is 34.6 Å². The lowest BCUT2D eigenvalue weighted by Gasteiger charge is -2.06. The molecule has 0 amide bonds. The van der Waals surface area contributed by atoms with Gasteiger partial charge in [-0.05, 0) is 25.1 Å². The van der Waals surface area contributed by atoms with Crippen molar-refractivity contribution >= 4 is 62.0 Å². The lowest BCUT2D eigenvalue weighted by Crippen LogP contribution is -2.16. The van der Waals surface area contributed by atoms with Crippen LogP contribution in [-0.4, -0.2) is 32.8 Å². The van der Waals surface area contributed by atoms with Gasteiger partial charge in [0.1, 0.15) is 10.6 Å². The Hall–Kier alpha value is -3.24. The molecule has 0 spiro atoms. The molecule has 0 radical (unpaired) electrons. The van der Waals surface area contributed by atoms with Crippen LogP contribution in [0.15, 0.2) is 40.8 Å². The van der Waals surface area contributed by atoms with Crippen LogP contribution in [-0.2, 0) is 10.0 Å². The van der Waals surface area contributed by atoms with Crippen molar-refractivity contribution in [3.8, 4) is 16.8 Å². The van der Waals surface area contributed by atoms with Gasteiger partial charge in [-0.2, -0.15) is 5.26 Å². The molecule has 3 aromatic heterocycles. The van der Waals surface area contributed by atoms with Gasteiger partial charge < -0.3 is 0 Å². The number of nitrogens with zero attached hydrogens (tertiary/aromatic N) is 6. The van der Waals surface area contributed by atoms with E-state index in [0.29, 0.717) is 15.6 Å². The van der Waals surface area contributed by atoms with E-state index in [4.69, 9.17) is 23.2 Å². The van der Waals surface area contributed by atoms with Crippen LogP contribution in [0.4, 0.5) is 5.69 Å². The van der Waals surface area contributed by atoms with Crippen LogP contribution >= 0.6 is 34.5 Å². The number of aromatic nitrogens is 5. The molecule has 0 saturated heterocycles. The van der Waals surface area contributed by atoms with Crippen LogP contribution in [0.2, 0.25) is 10.0 Å². The van der Waals surface area contributed by atoms with E-state index in [0.717, 1.165) is 14.6 Å². The minimum absolute atomic E-state index is 0.0198. The zero-order chi connectivity index (χ0) is 27.0. The maximum atomic E-state index is 12.7. The van der Waals surface area contributed by atoms with Crippen molar-refractivity contribution in [3.63, 3.8) is 0 Å². The Labute approximate surface area is 222 Å². The molecule has 0 atom stereocenters. The number of hydrogen-bond acceptors (Lipinski definition) is 8. The summed E-state index contributed by atoms with van der Waals surface area (Å²) in [5.74, 6) is 0. The largest absolute Gasteiger partial charge is 0.293 e. The number of fused-ring (bicyclic) bond motifs is 1. The molecule has 0 bridgehead atoms. The van der Waals surface area contributed by atoms with E-state index in [2.05, 4.69) is 19.9 Å². The van der Waals surface area contributed by atoms with E-state index in [9.17, 15) is 18.5 Å². The highest BCUT2D eigenvalue weighted by Gasteiger charge is 2.21. The number of anilines is 1. The van der Waals surface area contributed by atoms with Gasteiger partial charge in [0.05, 0.1) is 23.5 Å². The Kier molecular flexibility index (Phi) is 10.2. The van der Waals surface area contributed by atoms with Gasteiger partial charge >= 0.3 is 0 Å². The van der Waals surface area contributed by atoms with Gasteiger partial charge in [-0.25, -0.2) is 17.9 Å². The summed E-state index contributed by atoms with van der Waals surface area (Å²) < 4.78 is 29.2. The van der Waals surface area contributed by atoms with Gasteiger partial charge in [0.15, 0.2) is 10.7 Å². The zero-order valence-corrected chi connectivity index (χ0v) is 23.2. The molecule has 0 fully saturated rings. The highest BCUT2D eigenvalue weighted by atomic mass is 35.5. The van der Waals surface area contributed by atoms with E-state index in [-0.39, 0.29) is 26.9 Å². The summed E-state index contributed by atoms with van der Waals surface area (Å²) in [4.78, 5) is 16.9. The molecular formula is C22H23Cl2N7O3S2. The predicted octanol–water partition coefficient (Wildman–Crippen LogP) is 5.42. The lowest BCUT2D eigenvalue weighted by molar-refractivity contribution is 0.609. The Morgan fingerprint density at radius 2 is 1.78 bits per heavy atom. The first kappa shape index (κ1) is 29.0. The Balaban J connectivity index is 0.00000109. The SMILES string of the molecule is CC.CC.Cc1nnc(-c2c(=O)n(C#N)n3cc(NS(=O)(=O)/C=C/c4c(Cl)cccc4Cl)cnc23)s1. The van der Waals surface area contributed by atoms with Crippen molar-refractivity contribution in [3.05, 3.63) is 67.0 Å². The van der Waals surface area contributed by atoms with Gasteiger partial charge in [-0.3, -0.25) is 9.52 Å². The number of rotatable bonds is 5. The van der Waals surface area contributed by atoms with Gasteiger partial charge in [-0.1, -0.05) is 68.3 Å². The highest BCUT2D eigenvalue weighted by Crippen LogP contribution is 2.27. The fourth-order valence-electron chi connectivity index (χ4n) is 2.80. The smallest absolute Gasteiger partial charge is 0.277 e. The molecule has 0 aliphatic carbocycles. The van der Waals surface area contributed by atoms with Crippen LogP contribution in [0.5, 0.6) is 0 Å². The number of sulfonamides is 1. The topological polar surface area (TPSA) is 135 Å². The number of nitriles is 1. The molecule has 4 rings (SSSR count). The summed E-state index contributed by atoms with van der Waals surface area (Å²) in [6.45, 7) is 9.73. The Morgan fingerprint density at radius 3 is 2.33 bits per heavy atom. The van der Waals surface area contributed by atoms with E-state index in [1.165, 1.54) is 29.8 Å². The average molecular weight is 569 g/mol. The first-order valence-corrected chi connectivity index (χ1v) is 13.8. The first-order valence-electron chi connectivity index (χ1n) is 10.7. The Bertz CT molecular complexity index is 1580. The number of hydrogen-bond donors (Lipinski definition) is 1. The third kappa shape index (κ3) is 6.30. The minimum atomic E-state index is -4.00. The number of benzene rings is 1. The Morgan fingerprint density at radius 1 is 1.14 bits per heavy atom. The van der Waals surface area contributed by atoms with Crippen molar-refractivity contribution in [1.29, 1.82) is 5.26 Å². The van der Waals surface area contributed by atoms with E-state index >= 15 is 0 Å². The molecule has 36 heavy (non-hydrogen) atoms. The molecule has 1 aromatic carbocycles. The molecule has 1 N–H and O–H groups in total. The first-order chi connectivity index (χ1) is 17.2. The zero-order valence-electron chi connectivity index (χ0n) is 20.0. The molecule has 190 valence electrons.